The molecule has 3 aromatic carbocycles. The number of rotatable bonds is 9. The summed E-state index contributed by atoms with van der Waals surface area (Å²) in [6, 6.07) is 19.8. The lowest BCUT2D eigenvalue weighted by Gasteiger charge is -2.15. The Kier molecular flexibility index (Phi) is 8.44. The van der Waals surface area contributed by atoms with E-state index in [1.54, 1.807) is 30.3 Å². The predicted octanol–water partition coefficient (Wildman–Crippen LogP) is 5.11. The van der Waals surface area contributed by atoms with E-state index in [4.69, 9.17) is 9.47 Å². The molecule has 37 heavy (non-hydrogen) atoms. The van der Waals surface area contributed by atoms with Crippen LogP contribution >= 0.6 is 22.6 Å². The quantitative estimate of drug-likeness (QED) is 0.199. The fraction of sp³-hybridized carbons (Fsp3) is 0.179. The number of hydrogen-bond acceptors (Lipinski definition) is 5. The maximum absolute atomic E-state index is 13.0. The fourth-order valence-electron chi connectivity index (χ4n) is 3.69. The van der Waals surface area contributed by atoms with Crippen LogP contribution in [0.1, 0.15) is 23.6 Å². The SMILES string of the molecule is CCOc1cc(/C=C2/NC(=O)N(Cc3ccc(C)cc3)C2=O)cc(I)c1OCC(=O)Nc1ccccc1. The number of imide groups is 1. The first kappa shape index (κ1) is 26.2. The van der Waals surface area contributed by atoms with E-state index in [9.17, 15) is 14.4 Å². The summed E-state index contributed by atoms with van der Waals surface area (Å²) in [7, 11) is 0. The van der Waals surface area contributed by atoms with Gasteiger partial charge in [0.15, 0.2) is 18.1 Å². The number of aryl methyl sites for hydroxylation is 1. The van der Waals surface area contributed by atoms with Gasteiger partial charge in [-0.25, -0.2) is 4.79 Å². The van der Waals surface area contributed by atoms with Crippen LogP contribution in [0.15, 0.2) is 72.4 Å². The van der Waals surface area contributed by atoms with Gasteiger partial charge in [0.05, 0.1) is 16.7 Å². The number of anilines is 1. The summed E-state index contributed by atoms with van der Waals surface area (Å²) in [5.74, 6) is 0.151. The van der Waals surface area contributed by atoms with Gasteiger partial charge in [-0.3, -0.25) is 14.5 Å². The van der Waals surface area contributed by atoms with E-state index in [-0.39, 0.29) is 24.8 Å². The molecule has 1 saturated heterocycles. The molecule has 0 atom stereocenters. The van der Waals surface area contributed by atoms with E-state index in [0.717, 1.165) is 11.1 Å². The molecule has 0 unspecified atom stereocenters. The van der Waals surface area contributed by atoms with Crippen LogP contribution < -0.4 is 20.1 Å². The Hall–Kier alpha value is -3.86. The van der Waals surface area contributed by atoms with Crippen LogP contribution in [0.3, 0.4) is 0 Å². The van der Waals surface area contributed by atoms with Crippen molar-refractivity contribution in [3.63, 3.8) is 0 Å². The smallest absolute Gasteiger partial charge is 0.329 e. The Bertz CT molecular complexity index is 1340. The molecule has 0 aromatic heterocycles. The first-order valence-electron chi connectivity index (χ1n) is 11.7. The molecular formula is C28H26IN3O5. The van der Waals surface area contributed by atoms with Gasteiger partial charge in [-0.2, -0.15) is 0 Å². The number of carbonyl (C=O) groups is 3. The second-order valence-corrected chi connectivity index (χ2v) is 9.49. The summed E-state index contributed by atoms with van der Waals surface area (Å²) in [5, 5.41) is 5.43. The average molecular weight is 611 g/mol. The number of nitrogens with one attached hydrogen (secondary N) is 2. The van der Waals surface area contributed by atoms with Crippen molar-refractivity contribution >= 4 is 52.2 Å². The molecule has 0 saturated carbocycles. The number of halogens is 1. The number of urea groups is 1. The molecule has 0 bridgehead atoms. The van der Waals surface area contributed by atoms with E-state index >= 15 is 0 Å². The number of para-hydroxylation sites is 1. The Morgan fingerprint density at radius 2 is 1.78 bits per heavy atom. The van der Waals surface area contributed by atoms with E-state index in [1.807, 2.05) is 56.3 Å². The molecule has 1 fully saturated rings. The largest absolute Gasteiger partial charge is 0.490 e. The maximum Gasteiger partial charge on any atom is 0.329 e. The molecular weight excluding hydrogens is 585 g/mol. The van der Waals surface area contributed by atoms with Gasteiger partial charge in [0, 0.05) is 5.69 Å². The van der Waals surface area contributed by atoms with Gasteiger partial charge < -0.3 is 20.1 Å². The molecule has 0 aliphatic carbocycles. The highest BCUT2D eigenvalue weighted by molar-refractivity contribution is 14.1. The van der Waals surface area contributed by atoms with Gasteiger partial charge in [-0.05, 0) is 77.9 Å². The third kappa shape index (κ3) is 6.67. The fourth-order valence-corrected chi connectivity index (χ4v) is 4.47. The zero-order valence-electron chi connectivity index (χ0n) is 20.4. The van der Waals surface area contributed by atoms with Crippen LogP contribution in [0.5, 0.6) is 11.5 Å². The normalized spacial score (nSPS) is 14.0. The van der Waals surface area contributed by atoms with Crippen molar-refractivity contribution < 1.29 is 23.9 Å². The minimum atomic E-state index is -0.471. The summed E-state index contributed by atoms with van der Waals surface area (Å²) in [4.78, 5) is 39.0. The lowest BCUT2D eigenvalue weighted by molar-refractivity contribution is -0.123. The summed E-state index contributed by atoms with van der Waals surface area (Å²) in [5.41, 5.74) is 3.46. The standard InChI is InChI=1S/C28H26IN3O5/c1-3-36-24-15-20(13-22(29)26(24)37-17-25(33)30-21-7-5-4-6-8-21)14-23-27(34)32(28(35)31-23)16-19-11-9-18(2)10-12-19/h4-15H,3,16-17H2,1-2H3,(H,30,33)(H,31,35)/b23-14+. The summed E-state index contributed by atoms with van der Waals surface area (Å²) >= 11 is 2.09. The molecule has 0 spiro atoms. The van der Waals surface area contributed by atoms with Gasteiger partial charge >= 0.3 is 6.03 Å². The highest BCUT2D eigenvalue weighted by Gasteiger charge is 2.33. The van der Waals surface area contributed by atoms with Crippen molar-refractivity contribution in [1.29, 1.82) is 0 Å². The third-order valence-electron chi connectivity index (χ3n) is 5.47. The maximum atomic E-state index is 13.0. The molecule has 9 heteroatoms. The Balaban J connectivity index is 1.49. The van der Waals surface area contributed by atoms with Crippen molar-refractivity contribution in [3.05, 3.63) is 92.7 Å². The molecule has 4 amide bonds. The van der Waals surface area contributed by atoms with Crippen molar-refractivity contribution in [2.45, 2.75) is 20.4 Å². The van der Waals surface area contributed by atoms with Gasteiger partial charge in [0.2, 0.25) is 0 Å². The highest BCUT2D eigenvalue weighted by atomic mass is 127. The highest BCUT2D eigenvalue weighted by Crippen LogP contribution is 2.35. The van der Waals surface area contributed by atoms with Gasteiger partial charge in [-0.1, -0.05) is 48.0 Å². The molecule has 8 nitrogen and oxygen atoms in total. The Labute approximate surface area is 228 Å². The van der Waals surface area contributed by atoms with E-state index in [0.29, 0.717) is 32.9 Å². The number of benzene rings is 3. The number of hydrogen-bond donors (Lipinski definition) is 2. The van der Waals surface area contributed by atoms with E-state index < -0.39 is 11.9 Å². The third-order valence-corrected chi connectivity index (χ3v) is 6.27. The van der Waals surface area contributed by atoms with Crippen LogP contribution in [-0.2, 0) is 16.1 Å². The zero-order valence-corrected chi connectivity index (χ0v) is 22.6. The molecule has 3 aromatic rings. The molecule has 2 N–H and O–H groups in total. The second-order valence-electron chi connectivity index (χ2n) is 8.33. The second kappa shape index (κ2) is 11.9. The minimum Gasteiger partial charge on any atom is -0.490 e. The lowest BCUT2D eigenvalue weighted by atomic mass is 10.1. The van der Waals surface area contributed by atoms with Crippen molar-refractivity contribution in [2.75, 3.05) is 18.5 Å². The van der Waals surface area contributed by atoms with Gasteiger partial charge in [0.1, 0.15) is 5.70 Å². The van der Waals surface area contributed by atoms with Gasteiger partial charge in [-0.15, -0.1) is 0 Å². The van der Waals surface area contributed by atoms with Crippen LogP contribution in [0, 0.1) is 10.5 Å². The van der Waals surface area contributed by atoms with Gasteiger partial charge in [0.25, 0.3) is 11.8 Å². The number of amides is 4. The van der Waals surface area contributed by atoms with Crippen molar-refractivity contribution in [2.24, 2.45) is 0 Å². The molecule has 1 aliphatic rings. The minimum absolute atomic E-state index is 0.172. The molecule has 4 rings (SSSR count). The average Bonchev–Trinajstić information content (AvgIpc) is 3.13. The van der Waals surface area contributed by atoms with E-state index in [1.165, 1.54) is 4.90 Å². The summed E-state index contributed by atoms with van der Waals surface area (Å²) < 4.78 is 12.2. The molecule has 190 valence electrons. The lowest BCUT2D eigenvalue weighted by Crippen LogP contribution is -2.30. The van der Waals surface area contributed by atoms with Crippen LogP contribution in [0.4, 0.5) is 10.5 Å². The first-order chi connectivity index (χ1) is 17.8. The Morgan fingerprint density at radius 3 is 2.49 bits per heavy atom. The monoisotopic (exact) mass is 611 g/mol. The summed E-state index contributed by atoms with van der Waals surface area (Å²) in [6.07, 6.45) is 1.60. The van der Waals surface area contributed by atoms with Crippen molar-refractivity contribution in [3.8, 4) is 11.5 Å². The van der Waals surface area contributed by atoms with E-state index in [2.05, 4.69) is 33.2 Å². The first-order valence-corrected chi connectivity index (χ1v) is 12.8. The molecule has 1 heterocycles. The van der Waals surface area contributed by atoms with Crippen LogP contribution in [-0.4, -0.2) is 36.0 Å². The topological polar surface area (TPSA) is 97.0 Å². The summed E-state index contributed by atoms with van der Waals surface area (Å²) in [6.45, 7) is 4.18. The molecule has 0 radical (unpaired) electrons. The number of carbonyl (C=O) groups excluding carboxylic acids is 3. The Morgan fingerprint density at radius 1 is 1.05 bits per heavy atom. The number of ether oxygens (including phenoxy) is 2. The number of nitrogens with zero attached hydrogens (tertiary/aromatic N) is 1. The zero-order chi connectivity index (χ0) is 26.4. The van der Waals surface area contributed by atoms with Crippen molar-refractivity contribution in [1.82, 2.24) is 10.2 Å². The van der Waals surface area contributed by atoms with Crippen LogP contribution in [0.25, 0.3) is 6.08 Å². The molecule has 1 aliphatic heterocycles. The predicted molar refractivity (Wildman–Crippen MR) is 149 cm³/mol. The van der Waals surface area contributed by atoms with Crippen LogP contribution in [0.2, 0.25) is 0 Å².